The molecule has 4 aliphatic carbocycles. The molecule has 8 heteroatoms. The fraction of sp³-hybridized carbons (Fsp3) is 0.885. The number of hydrogen-bond acceptors (Lipinski definition) is 8. The second kappa shape index (κ2) is 7.98. The third-order valence-electron chi connectivity index (χ3n) is 10.7. The smallest absolute Gasteiger partial charge is 0.314 e. The predicted octanol–water partition coefficient (Wildman–Crippen LogP) is 1.41. The molecule has 1 spiro atoms. The molecule has 0 amide bonds. The molecule has 5 N–H and O–H groups in total. The lowest BCUT2D eigenvalue weighted by Gasteiger charge is -2.63. The number of aliphatic hydroxyl groups excluding tert-OH is 4. The van der Waals surface area contributed by atoms with Crippen LogP contribution in [0.5, 0.6) is 0 Å². The van der Waals surface area contributed by atoms with Crippen LogP contribution in [0.25, 0.3) is 0 Å². The molecule has 0 aromatic rings. The Morgan fingerprint density at radius 1 is 1.06 bits per heavy atom. The van der Waals surface area contributed by atoms with Gasteiger partial charge in [-0.1, -0.05) is 19.9 Å². The zero-order valence-corrected chi connectivity index (χ0v) is 20.3. The standard InChI is InChI=1S/C26H40O8/c1-14-11-25-9-5-16-23(2,17(25)6-10-26(14,32)13-25)7-4-8-24(16,3)22(31)34-21-20(30)19(29)18(28)15(12-27)33-21/h15-21,27-30,32H,1,4-13H2,2-3H3/t15-,16?,17?,18-,19+,20-,21+,23-,24-,25-,26-/m1/s1. The molecule has 2 bridgehead atoms. The van der Waals surface area contributed by atoms with Crippen LogP contribution >= 0.6 is 0 Å². The Morgan fingerprint density at radius 3 is 2.47 bits per heavy atom. The minimum atomic E-state index is -1.60. The first-order valence-electron chi connectivity index (χ1n) is 12.8. The van der Waals surface area contributed by atoms with Gasteiger partial charge in [-0.2, -0.15) is 0 Å². The molecule has 0 radical (unpaired) electrons. The first-order valence-corrected chi connectivity index (χ1v) is 12.8. The van der Waals surface area contributed by atoms with Crippen molar-refractivity contribution in [3.05, 3.63) is 12.2 Å². The average molecular weight is 481 g/mol. The van der Waals surface area contributed by atoms with E-state index in [0.29, 0.717) is 12.3 Å². The van der Waals surface area contributed by atoms with Crippen molar-refractivity contribution in [3.63, 3.8) is 0 Å². The van der Waals surface area contributed by atoms with Gasteiger partial charge in [-0.3, -0.25) is 4.79 Å². The maximum absolute atomic E-state index is 13.7. The van der Waals surface area contributed by atoms with Crippen LogP contribution in [0.1, 0.15) is 71.6 Å². The summed E-state index contributed by atoms with van der Waals surface area (Å²) < 4.78 is 11.1. The van der Waals surface area contributed by atoms with Crippen LogP contribution < -0.4 is 0 Å². The first-order chi connectivity index (χ1) is 15.9. The van der Waals surface area contributed by atoms with Crippen molar-refractivity contribution in [3.8, 4) is 0 Å². The Hall–Kier alpha value is -1.03. The number of ether oxygens (including phenoxy) is 2. The molecule has 5 rings (SSSR count). The minimum absolute atomic E-state index is 0.0504. The summed E-state index contributed by atoms with van der Waals surface area (Å²) in [5.74, 6) is 0.0200. The quantitative estimate of drug-likeness (QED) is 0.302. The summed E-state index contributed by atoms with van der Waals surface area (Å²) in [6.45, 7) is 7.91. The molecule has 1 aliphatic heterocycles. The Morgan fingerprint density at radius 2 is 1.76 bits per heavy atom. The predicted molar refractivity (Wildman–Crippen MR) is 121 cm³/mol. The van der Waals surface area contributed by atoms with Crippen molar-refractivity contribution in [2.45, 2.75) is 108 Å². The van der Waals surface area contributed by atoms with Gasteiger partial charge in [0.05, 0.1) is 17.6 Å². The highest BCUT2D eigenvalue weighted by atomic mass is 16.7. The lowest BCUT2D eigenvalue weighted by molar-refractivity contribution is -0.298. The van der Waals surface area contributed by atoms with Crippen LogP contribution in [0.3, 0.4) is 0 Å². The van der Waals surface area contributed by atoms with E-state index in [1.807, 2.05) is 6.92 Å². The zero-order chi connectivity index (χ0) is 24.7. The van der Waals surface area contributed by atoms with E-state index < -0.39 is 54.3 Å². The van der Waals surface area contributed by atoms with Crippen molar-refractivity contribution in [2.75, 3.05) is 6.61 Å². The molecule has 34 heavy (non-hydrogen) atoms. The number of aliphatic hydroxyl groups is 5. The van der Waals surface area contributed by atoms with Gasteiger partial charge in [0.2, 0.25) is 6.29 Å². The van der Waals surface area contributed by atoms with Crippen LogP contribution in [0.4, 0.5) is 0 Å². The molecule has 2 unspecified atom stereocenters. The van der Waals surface area contributed by atoms with Gasteiger partial charge >= 0.3 is 5.97 Å². The topological polar surface area (TPSA) is 137 Å². The average Bonchev–Trinajstić information content (AvgIpc) is 2.96. The van der Waals surface area contributed by atoms with Crippen molar-refractivity contribution >= 4 is 5.97 Å². The lowest BCUT2D eigenvalue weighted by Crippen LogP contribution is -2.62. The van der Waals surface area contributed by atoms with Crippen molar-refractivity contribution in [1.29, 1.82) is 0 Å². The van der Waals surface area contributed by atoms with Crippen molar-refractivity contribution < 1.29 is 39.8 Å². The third kappa shape index (κ3) is 3.29. The molecule has 11 atom stereocenters. The molecule has 4 saturated carbocycles. The van der Waals surface area contributed by atoms with Crippen LogP contribution in [-0.2, 0) is 14.3 Å². The van der Waals surface area contributed by atoms with E-state index in [-0.39, 0.29) is 16.7 Å². The van der Waals surface area contributed by atoms with Gasteiger partial charge < -0.3 is 35.0 Å². The van der Waals surface area contributed by atoms with E-state index in [4.69, 9.17) is 9.47 Å². The minimum Gasteiger partial charge on any atom is -0.432 e. The summed E-state index contributed by atoms with van der Waals surface area (Å²) in [4.78, 5) is 13.7. The Labute approximate surface area is 201 Å². The Balaban J connectivity index is 1.39. The molecule has 8 nitrogen and oxygen atoms in total. The molecular weight excluding hydrogens is 440 g/mol. The van der Waals surface area contributed by atoms with Gasteiger partial charge in [-0.05, 0) is 86.5 Å². The molecule has 1 saturated heterocycles. The molecule has 192 valence electrons. The molecule has 0 aromatic heterocycles. The summed E-state index contributed by atoms with van der Waals surface area (Å²) in [7, 11) is 0. The van der Waals surface area contributed by atoms with Gasteiger partial charge in [0.25, 0.3) is 0 Å². The highest BCUT2D eigenvalue weighted by Gasteiger charge is 2.68. The van der Waals surface area contributed by atoms with Crippen LogP contribution in [0, 0.1) is 28.1 Å². The van der Waals surface area contributed by atoms with E-state index in [1.165, 1.54) is 0 Å². The monoisotopic (exact) mass is 480 g/mol. The maximum atomic E-state index is 13.7. The highest BCUT2D eigenvalue weighted by molar-refractivity contribution is 5.77. The number of hydrogen-bond donors (Lipinski definition) is 5. The molecule has 1 heterocycles. The summed E-state index contributed by atoms with van der Waals surface area (Å²) in [6, 6.07) is 0. The van der Waals surface area contributed by atoms with Gasteiger partial charge in [0.15, 0.2) is 0 Å². The van der Waals surface area contributed by atoms with Crippen LogP contribution in [0.15, 0.2) is 12.2 Å². The zero-order valence-electron chi connectivity index (χ0n) is 20.3. The Kier molecular flexibility index (Phi) is 5.79. The van der Waals surface area contributed by atoms with E-state index in [9.17, 15) is 30.3 Å². The van der Waals surface area contributed by atoms with E-state index in [1.54, 1.807) is 0 Å². The second-order valence-electron chi connectivity index (χ2n) is 12.4. The van der Waals surface area contributed by atoms with Crippen molar-refractivity contribution in [2.24, 2.45) is 28.1 Å². The number of carbonyl (C=O) groups excluding carboxylic acids is 1. The van der Waals surface area contributed by atoms with Gasteiger partial charge in [0, 0.05) is 0 Å². The lowest BCUT2D eigenvalue weighted by atomic mass is 9.41. The normalized spacial score (nSPS) is 54.8. The van der Waals surface area contributed by atoms with Crippen molar-refractivity contribution in [1.82, 2.24) is 0 Å². The van der Waals surface area contributed by atoms with Crippen LogP contribution in [-0.4, -0.2) is 74.4 Å². The molecule has 0 aromatic carbocycles. The third-order valence-corrected chi connectivity index (χ3v) is 10.7. The first kappa shape index (κ1) is 24.7. The van der Waals surface area contributed by atoms with E-state index in [0.717, 1.165) is 56.9 Å². The van der Waals surface area contributed by atoms with Gasteiger partial charge in [0.1, 0.15) is 24.4 Å². The molecule has 5 fully saturated rings. The van der Waals surface area contributed by atoms with Gasteiger partial charge in [-0.25, -0.2) is 0 Å². The second-order valence-corrected chi connectivity index (χ2v) is 12.4. The maximum Gasteiger partial charge on any atom is 0.314 e. The summed E-state index contributed by atoms with van der Waals surface area (Å²) in [6.07, 6.45) is 0.422. The number of fused-ring (bicyclic) bond motifs is 3. The molecular formula is C26H40O8. The Bertz CT molecular complexity index is 860. The largest absolute Gasteiger partial charge is 0.432 e. The summed E-state index contributed by atoms with van der Waals surface area (Å²) in [5, 5.41) is 51.1. The summed E-state index contributed by atoms with van der Waals surface area (Å²) in [5.41, 5.74) is -0.575. The van der Waals surface area contributed by atoms with E-state index >= 15 is 0 Å². The fourth-order valence-corrected chi connectivity index (χ4v) is 9.00. The summed E-state index contributed by atoms with van der Waals surface area (Å²) >= 11 is 0. The fourth-order valence-electron chi connectivity index (χ4n) is 9.00. The molecule has 5 aliphatic rings. The SMILES string of the molecule is C=C1C[C@@]23CCC4[C@@](C)(CCC[C@@]4(C)C(=O)O[C@@H]4O[C@H](CO)[C@@H](O)[C@H](O)[C@H]4O)C2CC[C@@]1(O)C3. The number of esters is 1. The number of rotatable bonds is 3. The highest BCUT2D eigenvalue weighted by Crippen LogP contribution is 2.73. The number of carbonyl (C=O) groups is 1. The van der Waals surface area contributed by atoms with Gasteiger partial charge in [-0.15, -0.1) is 0 Å². The van der Waals surface area contributed by atoms with Crippen LogP contribution in [0.2, 0.25) is 0 Å². The van der Waals surface area contributed by atoms with E-state index in [2.05, 4.69) is 13.5 Å².